The average molecular weight is 231 g/mol. The molecule has 0 bridgehead atoms. The predicted molar refractivity (Wildman–Crippen MR) is 60.9 cm³/mol. The maximum Gasteiger partial charge on any atom is 0.303 e. The molecule has 0 spiro atoms. The van der Waals surface area contributed by atoms with Crippen LogP contribution in [-0.4, -0.2) is 30.3 Å². The lowest BCUT2D eigenvalue weighted by Crippen LogP contribution is -2.39. The maximum absolute atomic E-state index is 11.1. The summed E-state index contributed by atoms with van der Waals surface area (Å²) in [7, 11) is 0. The fourth-order valence-electron chi connectivity index (χ4n) is 0.683. The average Bonchev–Trinajstić information content (AvgIpc) is 2.14. The second kappa shape index (κ2) is 10.1. The van der Waals surface area contributed by atoms with Crippen LogP contribution in [0, 0.1) is 0 Å². The summed E-state index contributed by atoms with van der Waals surface area (Å²) in [5, 5.41) is 2.39. The second-order valence-corrected chi connectivity index (χ2v) is 3.38. The number of carbonyl (C=O) groups is 3. The highest BCUT2D eigenvalue weighted by molar-refractivity contribution is 5.89. The van der Waals surface area contributed by atoms with E-state index in [1.165, 1.54) is 27.2 Å². The molecule has 0 aliphatic heterocycles. The summed E-state index contributed by atoms with van der Waals surface area (Å²) in [6, 6.07) is -0.614. The van der Waals surface area contributed by atoms with E-state index < -0.39 is 12.0 Å². The van der Waals surface area contributed by atoms with E-state index in [2.05, 4.69) is 23.9 Å². The van der Waals surface area contributed by atoms with Crippen LogP contribution in [0.15, 0.2) is 0 Å². The minimum Gasteiger partial charge on any atom is -0.458 e. The number of hydrogen-bond donors (Lipinski definition) is 1. The minimum absolute atomic E-state index is 0.288. The van der Waals surface area contributed by atoms with Crippen molar-refractivity contribution in [2.24, 2.45) is 0 Å². The lowest BCUT2D eigenvalue weighted by molar-refractivity contribution is -0.146. The van der Waals surface area contributed by atoms with E-state index in [1.807, 2.05) is 0 Å². The normalized spacial score (nSPS) is 10.6. The molecule has 5 nitrogen and oxygen atoms in total. The Labute approximate surface area is 96.5 Å². The number of carbonyl (C=O) groups excluding carboxylic acids is 3. The number of amides is 1. The fourth-order valence-corrected chi connectivity index (χ4v) is 0.683. The molecule has 0 saturated carbocycles. The van der Waals surface area contributed by atoms with Gasteiger partial charge in [0.2, 0.25) is 5.91 Å². The van der Waals surface area contributed by atoms with Crippen LogP contribution in [-0.2, 0) is 19.1 Å². The topological polar surface area (TPSA) is 72.5 Å². The van der Waals surface area contributed by atoms with Gasteiger partial charge in [-0.15, -0.1) is 0 Å². The molecule has 0 heterocycles. The Balaban J connectivity index is 0. The van der Waals surface area contributed by atoms with Crippen LogP contribution in [0.25, 0.3) is 0 Å². The highest BCUT2D eigenvalue weighted by Crippen LogP contribution is 1.87. The molecular formula is C11H21NO4. The Morgan fingerprint density at radius 3 is 1.94 bits per heavy atom. The molecule has 0 saturated heterocycles. The summed E-state index contributed by atoms with van der Waals surface area (Å²) in [6.07, 6.45) is 1.25. The van der Waals surface area contributed by atoms with Gasteiger partial charge in [-0.1, -0.05) is 20.3 Å². The van der Waals surface area contributed by atoms with Crippen molar-refractivity contribution in [1.29, 1.82) is 0 Å². The van der Waals surface area contributed by atoms with E-state index in [-0.39, 0.29) is 18.3 Å². The zero-order chi connectivity index (χ0) is 13.1. The van der Waals surface area contributed by atoms with Crippen LogP contribution in [0.3, 0.4) is 0 Å². The van der Waals surface area contributed by atoms with Gasteiger partial charge >= 0.3 is 5.97 Å². The van der Waals surface area contributed by atoms with Crippen LogP contribution < -0.4 is 5.32 Å². The molecule has 94 valence electrons. The summed E-state index contributed by atoms with van der Waals surface area (Å²) in [4.78, 5) is 31.9. The van der Waals surface area contributed by atoms with Gasteiger partial charge in [-0.05, 0) is 6.92 Å². The molecule has 0 aliphatic carbocycles. The molecule has 0 aromatic heterocycles. The molecule has 1 atom stereocenters. The van der Waals surface area contributed by atoms with Crippen LogP contribution >= 0.6 is 0 Å². The van der Waals surface area contributed by atoms with E-state index in [0.717, 1.165) is 0 Å². The van der Waals surface area contributed by atoms with Gasteiger partial charge in [-0.2, -0.15) is 0 Å². The maximum atomic E-state index is 11.1. The Morgan fingerprint density at radius 1 is 1.19 bits per heavy atom. The van der Waals surface area contributed by atoms with Gasteiger partial charge in [0.15, 0.2) is 12.4 Å². The molecule has 0 aromatic rings. The number of rotatable bonds is 4. The van der Waals surface area contributed by atoms with E-state index in [0.29, 0.717) is 0 Å². The highest BCUT2D eigenvalue weighted by Gasteiger charge is 2.14. The van der Waals surface area contributed by atoms with Gasteiger partial charge < -0.3 is 10.1 Å². The number of ketones is 1. The summed E-state index contributed by atoms with van der Waals surface area (Å²) in [6.45, 7) is 8.02. The molecule has 5 heteroatoms. The van der Waals surface area contributed by atoms with E-state index >= 15 is 0 Å². The minimum atomic E-state index is -0.614. The van der Waals surface area contributed by atoms with Crippen LogP contribution in [0.4, 0.5) is 0 Å². The van der Waals surface area contributed by atoms with Crippen LogP contribution in [0.2, 0.25) is 0 Å². The predicted octanol–water partition coefficient (Wildman–Crippen LogP) is 1.06. The lowest BCUT2D eigenvalue weighted by atomic mass is 10.2. The van der Waals surface area contributed by atoms with Crippen molar-refractivity contribution < 1.29 is 19.1 Å². The summed E-state index contributed by atoms with van der Waals surface area (Å²) < 4.78 is 4.47. The first kappa shape index (κ1) is 17.0. The fraction of sp³-hybridized carbons (Fsp3) is 0.727. The lowest BCUT2D eigenvalue weighted by Gasteiger charge is -2.10. The summed E-state index contributed by atoms with van der Waals surface area (Å²) in [5.41, 5.74) is 0. The number of Topliss-reactive ketones (excluding diaryl/α,β-unsaturated/α-hetero) is 1. The first-order valence-corrected chi connectivity index (χ1v) is 5.28. The standard InChI is InChI=1S/C8H13NO4.C3H8/c1-5(9-6(2)10)8(12)4-13-7(3)11;1-3-2/h5H,4H2,1-3H3,(H,9,10);3H2,1-2H3/t5-;/m0./s1. The first-order chi connectivity index (χ1) is 7.34. The smallest absolute Gasteiger partial charge is 0.303 e. The van der Waals surface area contributed by atoms with Crippen molar-refractivity contribution in [3.8, 4) is 0 Å². The third-order valence-electron chi connectivity index (χ3n) is 1.32. The molecule has 0 aliphatic rings. The number of esters is 1. The Morgan fingerprint density at radius 2 is 1.62 bits per heavy atom. The van der Waals surface area contributed by atoms with Crippen molar-refractivity contribution in [3.05, 3.63) is 0 Å². The molecule has 0 unspecified atom stereocenters. The van der Waals surface area contributed by atoms with Gasteiger partial charge in [-0.3, -0.25) is 14.4 Å². The van der Waals surface area contributed by atoms with Gasteiger partial charge in [0.1, 0.15) is 0 Å². The van der Waals surface area contributed by atoms with Crippen molar-refractivity contribution >= 4 is 17.7 Å². The molecule has 0 fully saturated rings. The Hall–Kier alpha value is -1.39. The third-order valence-corrected chi connectivity index (χ3v) is 1.32. The molecule has 1 amide bonds. The van der Waals surface area contributed by atoms with Crippen LogP contribution in [0.1, 0.15) is 41.0 Å². The quantitative estimate of drug-likeness (QED) is 0.734. The number of nitrogens with one attached hydrogen (secondary N) is 1. The molecule has 1 N–H and O–H groups in total. The summed E-state index contributed by atoms with van der Waals surface area (Å²) >= 11 is 0. The van der Waals surface area contributed by atoms with Gasteiger partial charge in [-0.25, -0.2) is 0 Å². The highest BCUT2D eigenvalue weighted by atomic mass is 16.5. The molecule has 16 heavy (non-hydrogen) atoms. The molecule has 0 aromatic carbocycles. The van der Waals surface area contributed by atoms with Crippen LogP contribution in [0.5, 0.6) is 0 Å². The van der Waals surface area contributed by atoms with Crippen molar-refractivity contribution in [3.63, 3.8) is 0 Å². The monoisotopic (exact) mass is 231 g/mol. The van der Waals surface area contributed by atoms with Crippen molar-refractivity contribution in [1.82, 2.24) is 5.32 Å². The molecular weight excluding hydrogens is 210 g/mol. The van der Waals surface area contributed by atoms with Gasteiger partial charge in [0, 0.05) is 13.8 Å². The molecule has 0 rings (SSSR count). The van der Waals surface area contributed by atoms with Crippen molar-refractivity contribution in [2.45, 2.75) is 47.1 Å². The zero-order valence-corrected chi connectivity index (χ0v) is 10.6. The largest absolute Gasteiger partial charge is 0.458 e. The van der Waals surface area contributed by atoms with E-state index in [1.54, 1.807) is 0 Å². The van der Waals surface area contributed by atoms with E-state index in [9.17, 15) is 14.4 Å². The van der Waals surface area contributed by atoms with Crippen molar-refractivity contribution in [2.75, 3.05) is 6.61 Å². The van der Waals surface area contributed by atoms with E-state index in [4.69, 9.17) is 0 Å². The third kappa shape index (κ3) is 12.6. The molecule has 0 radical (unpaired) electrons. The number of hydrogen-bond acceptors (Lipinski definition) is 4. The van der Waals surface area contributed by atoms with Gasteiger partial charge in [0.05, 0.1) is 6.04 Å². The number of ether oxygens (including phenoxy) is 1. The Kier molecular flexibility index (Phi) is 10.8. The zero-order valence-electron chi connectivity index (χ0n) is 10.6. The summed E-state index contributed by atoms with van der Waals surface area (Å²) in [5.74, 6) is -1.13. The Bertz CT molecular complexity index is 238. The van der Waals surface area contributed by atoms with Gasteiger partial charge in [0.25, 0.3) is 0 Å². The second-order valence-electron chi connectivity index (χ2n) is 3.38. The first-order valence-electron chi connectivity index (χ1n) is 5.28. The SMILES string of the molecule is CC(=O)N[C@@H](C)C(=O)COC(C)=O.CCC.